The van der Waals surface area contributed by atoms with Crippen LogP contribution in [0.15, 0.2) is 12.3 Å². The monoisotopic (exact) mass is 149 g/mol. The minimum Gasteiger partial charge on any atom is -0.391 e. The molecule has 0 unspecified atom stereocenters. The van der Waals surface area contributed by atoms with Gasteiger partial charge < -0.3 is 5.32 Å². The van der Waals surface area contributed by atoms with E-state index in [0.29, 0.717) is 5.92 Å². The molecule has 0 aliphatic carbocycles. The number of nitrogens with one attached hydrogen (secondary N) is 1. The van der Waals surface area contributed by atoms with Crippen LogP contribution in [0.1, 0.15) is 20.8 Å². The Labute approximate surface area is 63.9 Å². The molecule has 0 spiro atoms. The predicted molar refractivity (Wildman–Crippen MR) is 44.9 cm³/mol. The quantitative estimate of drug-likeness (QED) is 0.649. The minimum absolute atomic E-state index is 0. The molecule has 0 fully saturated rings. The second-order valence-corrected chi connectivity index (χ2v) is 2.16. The first-order valence-electron chi connectivity index (χ1n) is 3.17. The van der Waals surface area contributed by atoms with E-state index in [1.165, 1.54) is 0 Å². The third-order valence-electron chi connectivity index (χ3n) is 0.803. The Hall–Kier alpha value is -0.170. The van der Waals surface area contributed by atoms with Gasteiger partial charge in [-0.3, -0.25) is 0 Å². The van der Waals surface area contributed by atoms with Gasteiger partial charge in [0.2, 0.25) is 0 Å². The molecule has 0 aromatic carbocycles. The Morgan fingerprint density at radius 2 is 2.00 bits per heavy atom. The molecule has 0 aliphatic heterocycles. The first-order valence-corrected chi connectivity index (χ1v) is 3.17. The van der Waals surface area contributed by atoms with Gasteiger partial charge in [-0.15, -0.1) is 12.4 Å². The Morgan fingerprint density at radius 1 is 1.44 bits per heavy atom. The summed E-state index contributed by atoms with van der Waals surface area (Å²) in [5, 5.41) is 3.10. The van der Waals surface area contributed by atoms with Crippen molar-refractivity contribution in [3.63, 3.8) is 0 Å². The number of halogens is 1. The summed E-state index contributed by atoms with van der Waals surface area (Å²) < 4.78 is 0. The van der Waals surface area contributed by atoms with Crippen LogP contribution in [0, 0.1) is 5.92 Å². The van der Waals surface area contributed by atoms with Gasteiger partial charge >= 0.3 is 0 Å². The molecule has 0 aromatic heterocycles. The number of rotatable bonds is 3. The predicted octanol–water partition coefficient (Wildman–Crippen LogP) is 2.19. The van der Waals surface area contributed by atoms with Crippen molar-refractivity contribution in [2.45, 2.75) is 20.8 Å². The van der Waals surface area contributed by atoms with Crippen LogP contribution in [0.25, 0.3) is 0 Å². The highest BCUT2D eigenvalue weighted by Gasteiger charge is 1.79. The molecule has 0 atom stereocenters. The van der Waals surface area contributed by atoms with Crippen molar-refractivity contribution in [2.24, 2.45) is 5.92 Å². The number of hydrogen-bond acceptors (Lipinski definition) is 1. The summed E-state index contributed by atoms with van der Waals surface area (Å²) >= 11 is 0. The summed E-state index contributed by atoms with van der Waals surface area (Å²) in [5.74, 6) is 0.661. The molecule has 0 heterocycles. The first-order chi connectivity index (χ1) is 3.77. The molecule has 0 bridgehead atoms. The molecule has 0 rings (SSSR count). The van der Waals surface area contributed by atoms with E-state index in [4.69, 9.17) is 0 Å². The second-order valence-electron chi connectivity index (χ2n) is 2.16. The van der Waals surface area contributed by atoms with Crippen molar-refractivity contribution in [3.8, 4) is 0 Å². The van der Waals surface area contributed by atoms with E-state index in [1.54, 1.807) is 0 Å². The van der Waals surface area contributed by atoms with E-state index >= 15 is 0 Å². The first kappa shape index (κ1) is 11.6. The average Bonchev–Trinajstić information content (AvgIpc) is 1.66. The summed E-state index contributed by atoms with van der Waals surface area (Å²) in [6.45, 7) is 7.43. The zero-order chi connectivity index (χ0) is 6.41. The molecular weight excluding hydrogens is 134 g/mol. The van der Waals surface area contributed by atoms with Crippen molar-refractivity contribution in [1.29, 1.82) is 0 Å². The van der Waals surface area contributed by atoms with Crippen LogP contribution >= 0.6 is 12.4 Å². The molecule has 56 valence electrons. The van der Waals surface area contributed by atoms with Gasteiger partial charge in [0, 0.05) is 6.54 Å². The van der Waals surface area contributed by atoms with Gasteiger partial charge in [0.25, 0.3) is 0 Å². The second kappa shape index (κ2) is 7.83. The summed E-state index contributed by atoms with van der Waals surface area (Å²) in [6, 6.07) is 0. The van der Waals surface area contributed by atoms with Gasteiger partial charge in [0.1, 0.15) is 0 Å². The van der Waals surface area contributed by atoms with Crippen molar-refractivity contribution in [2.75, 3.05) is 6.54 Å². The third kappa shape index (κ3) is 11.4. The highest BCUT2D eigenvalue weighted by atomic mass is 35.5. The molecule has 0 saturated heterocycles. The highest BCUT2D eigenvalue weighted by Crippen LogP contribution is 1.90. The topological polar surface area (TPSA) is 12.0 Å². The van der Waals surface area contributed by atoms with Gasteiger partial charge in [0.15, 0.2) is 0 Å². The fourth-order valence-electron chi connectivity index (χ4n) is 0.378. The molecule has 0 aliphatic rings. The fraction of sp³-hybridized carbons (Fsp3) is 0.714. The van der Waals surface area contributed by atoms with Gasteiger partial charge in [-0.2, -0.15) is 0 Å². The standard InChI is InChI=1S/C7H15N.ClH/c1-4-8-6-5-7(2)3;/h5-8H,4H2,1-3H3;1H. The van der Waals surface area contributed by atoms with Crippen LogP contribution in [0.2, 0.25) is 0 Å². The Morgan fingerprint density at radius 3 is 2.33 bits per heavy atom. The molecule has 1 N–H and O–H groups in total. The average molecular weight is 150 g/mol. The van der Waals surface area contributed by atoms with Gasteiger partial charge in [0.05, 0.1) is 0 Å². The van der Waals surface area contributed by atoms with E-state index in [0.717, 1.165) is 6.54 Å². The van der Waals surface area contributed by atoms with E-state index in [2.05, 4.69) is 32.2 Å². The van der Waals surface area contributed by atoms with Crippen LogP contribution in [-0.2, 0) is 0 Å². The van der Waals surface area contributed by atoms with E-state index in [9.17, 15) is 0 Å². The summed E-state index contributed by atoms with van der Waals surface area (Å²) in [4.78, 5) is 0. The lowest BCUT2D eigenvalue weighted by Crippen LogP contribution is -2.01. The van der Waals surface area contributed by atoms with Gasteiger partial charge in [-0.1, -0.05) is 19.9 Å². The molecule has 0 aromatic rings. The fourth-order valence-corrected chi connectivity index (χ4v) is 0.378. The van der Waals surface area contributed by atoms with Crippen LogP contribution < -0.4 is 5.32 Å². The van der Waals surface area contributed by atoms with Crippen molar-refractivity contribution in [1.82, 2.24) is 5.32 Å². The van der Waals surface area contributed by atoms with E-state index in [-0.39, 0.29) is 12.4 Å². The zero-order valence-electron chi connectivity index (χ0n) is 6.35. The van der Waals surface area contributed by atoms with E-state index < -0.39 is 0 Å². The van der Waals surface area contributed by atoms with Crippen LogP contribution in [0.4, 0.5) is 0 Å². The molecule has 0 amide bonds. The normalized spacial score (nSPS) is 9.78. The van der Waals surface area contributed by atoms with Crippen molar-refractivity contribution < 1.29 is 0 Å². The maximum atomic E-state index is 3.10. The van der Waals surface area contributed by atoms with Gasteiger partial charge in [-0.25, -0.2) is 0 Å². The Kier molecular flexibility index (Phi) is 10.1. The Bertz CT molecular complexity index is 69.3. The molecular formula is C7H16ClN. The number of allylic oxidation sites excluding steroid dienone is 1. The summed E-state index contributed by atoms with van der Waals surface area (Å²) in [7, 11) is 0. The van der Waals surface area contributed by atoms with Crippen molar-refractivity contribution in [3.05, 3.63) is 12.3 Å². The molecule has 9 heavy (non-hydrogen) atoms. The Balaban J connectivity index is 0. The maximum Gasteiger partial charge on any atom is 0.0112 e. The van der Waals surface area contributed by atoms with Crippen molar-refractivity contribution >= 4 is 12.4 Å². The molecule has 1 nitrogen and oxygen atoms in total. The SMILES string of the molecule is CCNC=CC(C)C.Cl. The summed E-state index contributed by atoms with van der Waals surface area (Å²) in [6.07, 6.45) is 4.15. The lowest BCUT2D eigenvalue weighted by Gasteiger charge is -1.93. The highest BCUT2D eigenvalue weighted by molar-refractivity contribution is 5.85. The lowest BCUT2D eigenvalue weighted by atomic mass is 10.2. The zero-order valence-corrected chi connectivity index (χ0v) is 7.16. The lowest BCUT2D eigenvalue weighted by molar-refractivity contribution is 0.810. The smallest absolute Gasteiger partial charge is 0.0112 e. The van der Waals surface area contributed by atoms with Crippen LogP contribution in [-0.4, -0.2) is 6.54 Å². The minimum atomic E-state index is 0. The largest absolute Gasteiger partial charge is 0.391 e. The van der Waals surface area contributed by atoms with Crippen LogP contribution in [0.5, 0.6) is 0 Å². The molecule has 0 saturated carbocycles. The van der Waals surface area contributed by atoms with E-state index in [1.807, 2.05) is 6.20 Å². The summed E-state index contributed by atoms with van der Waals surface area (Å²) in [5.41, 5.74) is 0. The third-order valence-corrected chi connectivity index (χ3v) is 0.803. The molecule has 2 heteroatoms. The number of hydrogen-bond donors (Lipinski definition) is 1. The molecule has 0 radical (unpaired) electrons. The maximum absolute atomic E-state index is 3.10. The van der Waals surface area contributed by atoms with Gasteiger partial charge in [-0.05, 0) is 19.0 Å². The van der Waals surface area contributed by atoms with Crippen LogP contribution in [0.3, 0.4) is 0 Å².